The van der Waals surface area contributed by atoms with E-state index in [2.05, 4.69) is 102 Å². The van der Waals surface area contributed by atoms with Crippen molar-refractivity contribution in [3.63, 3.8) is 0 Å². The van der Waals surface area contributed by atoms with Crippen molar-refractivity contribution in [2.75, 3.05) is 0 Å². The summed E-state index contributed by atoms with van der Waals surface area (Å²) < 4.78 is 2.38. The number of para-hydroxylation sites is 4. The Morgan fingerprint density at radius 1 is 0.610 bits per heavy atom. The molecule has 8 rings (SSSR count). The van der Waals surface area contributed by atoms with E-state index in [1.165, 1.54) is 22.3 Å². The SMILES string of the molecule is CC1(C)Sc2[nH]c3cccc(-c4ccc(-c5nc6ccccc6nc5-c5ccccc5)cc4)c3[n+]2-c2ccccc21. The van der Waals surface area contributed by atoms with Gasteiger partial charge in [-0.15, -0.1) is 0 Å². The lowest BCUT2D eigenvalue weighted by atomic mass is 9.98. The number of nitrogens with zero attached hydrogens (tertiary/aromatic N) is 3. The normalized spacial score (nSPS) is 13.7. The molecule has 3 heterocycles. The third kappa shape index (κ3) is 3.88. The molecule has 1 N–H and O–H groups in total. The maximum Gasteiger partial charge on any atom is 0.322 e. The van der Waals surface area contributed by atoms with E-state index in [4.69, 9.17) is 9.97 Å². The van der Waals surface area contributed by atoms with Crippen LogP contribution in [0.4, 0.5) is 0 Å². The van der Waals surface area contributed by atoms with E-state index in [1.54, 1.807) is 0 Å². The minimum absolute atomic E-state index is 0.0172. The van der Waals surface area contributed by atoms with Gasteiger partial charge in [0.2, 0.25) is 0 Å². The zero-order valence-corrected chi connectivity index (χ0v) is 23.6. The number of hydrogen-bond donors (Lipinski definition) is 1. The van der Waals surface area contributed by atoms with E-state index in [9.17, 15) is 0 Å². The number of H-pyrrole nitrogens is 1. The molecule has 0 atom stereocenters. The predicted octanol–water partition coefficient (Wildman–Crippen LogP) is 8.73. The zero-order valence-electron chi connectivity index (χ0n) is 22.8. The molecule has 0 fully saturated rings. The van der Waals surface area contributed by atoms with Crippen LogP contribution in [0.5, 0.6) is 0 Å². The van der Waals surface area contributed by atoms with Gasteiger partial charge in [0, 0.05) is 22.3 Å². The van der Waals surface area contributed by atoms with E-state index in [-0.39, 0.29) is 4.75 Å². The van der Waals surface area contributed by atoms with E-state index in [0.29, 0.717) is 0 Å². The Kier molecular flexibility index (Phi) is 5.38. The van der Waals surface area contributed by atoms with Gasteiger partial charge in [0.25, 0.3) is 0 Å². The maximum absolute atomic E-state index is 5.09. The first-order chi connectivity index (χ1) is 20.1. The third-order valence-corrected chi connectivity index (χ3v) is 9.15. The molecule has 2 aromatic heterocycles. The van der Waals surface area contributed by atoms with Crippen LogP contribution in [0.2, 0.25) is 0 Å². The molecule has 1 aliphatic heterocycles. The summed E-state index contributed by atoms with van der Waals surface area (Å²) in [6.07, 6.45) is 0. The van der Waals surface area contributed by atoms with Gasteiger partial charge in [-0.1, -0.05) is 91.0 Å². The van der Waals surface area contributed by atoms with Crippen LogP contribution in [0.25, 0.3) is 61.4 Å². The van der Waals surface area contributed by atoms with Crippen molar-refractivity contribution < 1.29 is 4.57 Å². The Morgan fingerprint density at radius 2 is 1.22 bits per heavy atom. The molecule has 4 nitrogen and oxygen atoms in total. The summed E-state index contributed by atoms with van der Waals surface area (Å²) in [6.45, 7) is 4.59. The molecule has 7 aromatic rings. The number of fused-ring (bicyclic) bond motifs is 6. The molecule has 0 radical (unpaired) electrons. The van der Waals surface area contributed by atoms with Gasteiger partial charge >= 0.3 is 5.16 Å². The summed E-state index contributed by atoms with van der Waals surface area (Å²) >= 11 is 1.88. The van der Waals surface area contributed by atoms with Crippen LogP contribution in [0, 0.1) is 0 Å². The fraction of sp³-hybridized carbons (Fsp3) is 0.0833. The molecule has 0 spiro atoms. The van der Waals surface area contributed by atoms with Crippen LogP contribution >= 0.6 is 11.8 Å². The second kappa shape index (κ2) is 9.15. The summed E-state index contributed by atoms with van der Waals surface area (Å²) in [5.41, 5.74) is 12.9. The molecule has 0 aliphatic carbocycles. The van der Waals surface area contributed by atoms with Gasteiger partial charge in [-0.3, -0.25) is 0 Å². The minimum Gasteiger partial charge on any atom is -0.244 e. The van der Waals surface area contributed by atoms with Crippen molar-refractivity contribution in [1.29, 1.82) is 0 Å². The van der Waals surface area contributed by atoms with Gasteiger partial charge in [-0.2, -0.15) is 4.57 Å². The average molecular weight is 548 g/mol. The summed E-state index contributed by atoms with van der Waals surface area (Å²) in [4.78, 5) is 13.8. The van der Waals surface area contributed by atoms with Crippen molar-refractivity contribution in [2.45, 2.75) is 23.8 Å². The third-order valence-electron chi connectivity index (χ3n) is 7.94. The Labute approximate surface area is 242 Å². The van der Waals surface area contributed by atoms with E-state index < -0.39 is 0 Å². The molecule has 0 saturated carbocycles. The van der Waals surface area contributed by atoms with Crippen molar-refractivity contribution in [3.05, 3.63) is 127 Å². The predicted molar refractivity (Wildman–Crippen MR) is 168 cm³/mol. The quantitative estimate of drug-likeness (QED) is 0.225. The fourth-order valence-electron chi connectivity index (χ4n) is 5.97. The lowest BCUT2D eigenvalue weighted by Gasteiger charge is -2.28. The lowest BCUT2D eigenvalue weighted by Crippen LogP contribution is -2.40. The Bertz CT molecular complexity index is 2090. The standard InChI is InChI=1S/C36H26N4S/c1-36(2)27-14-6-9-18-31(27)40-34-26(13-10-17-30(34)39-35(40)41-36)23-19-21-25(22-20-23)33-32(24-11-4-3-5-12-24)37-28-15-7-8-16-29(28)38-33/h3-22H,1-2H3/p+1. The van der Waals surface area contributed by atoms with Crippen molar-refractivity contribution in [1.82, 2.24) is 15.0 Å². The van der Waals surface area contributed by atoms with Crippen LogP contribution in [-0.4, -0.2) is 15.0 Å². The number of rotatable bonds is 3. The number of imidazole rings is 1. The van der Waals surface area contributed by atoms with E-state index >= 15 is 0 Å². The molecule has 196 valence electrons. The number of hydrogen-bond acceptors (Lipinski definition) is 3. The molecular weight excluding hydrogens is 520 g/mol. The van der Waals surface area contributed by atoms with Gasteiger partial charge in [-0.05, 0) is 61.5 Å². The van der Waals surface area contributed by atoms with Gasteiger partial charge in [-0.25, -0.2) is 15.0 Å². The smallest absolute Gasteiger partial charge is 0.244 e. The first kappa shape index (κ1) is 24.1. The number of aromatic amines is 1. The van der Waals surface area contributed by atoms with E-state index in [0.717, 1.165) is 49.8 Å². The fourth-order valence-corrected chi connectivity index (χ4v) is 7.18. The van der Waals surface area contributed by atoms with Crippen molar-refractivity contribution in [3.8, 4) is 39.3 Å². The molecule has 41 heavy (non-hydrogen) atoms. The number of aromatic nitrogens is 4. The Morgan fingerprint density at radius 3 is 1.95 bits per heavy atom. The van der Waals surface area contributed by atoms with Gasteiger partial charge in [0.05, 0.1) is 27.2 Å². The molecule has 5 heteroatoms. The summed E-state index contributed by atoms with van der Waals surface area (Å²) in [6, 6.07) is 42.5. The highest BCUT2D eigenvalue weighted by molar-refractivity contribution is 8.00. The molecule has 0 saturated heterocycles. The summed E-state index contributed by atoms with van der Waals surface area (Å²) in [5.74, 6) is 0. The summed E-state index contributed by atoms with van der Waals surface area (Å²) in [5, 5.41) is 1.16. The van der Waals surface area contributed by atoms with Crippen LogP contribution in [0.3, 0.4) is 0 Å². The van der Waals surface area contributed by atoms with Gasteiger partial charge < -0.3 is 0 Å². The largest absolute Gasteiger partial charge is 0.322 e. The molecule has 1 aliphatic rings. The molecule has 0 unspecified atom stereocenters. The molecule has 5 aromatic carbocycles. The van der Waals surface area contributed by atoms with Crippen molar-refractivity contribution in [2.24, 2.45) is 0 Å². The first-order valence-corrected chi connectivity index (χ1v) is 14.7. The number of thioether (sulfide) groups is 1. The Hall–Kier alpha value is -4.74. The van der Waals surface area contributed by atoms with Crippen LogP contribution in [-0.2, 0) is 4.75 Å². The van der Waals surface area contributed by atoms with Crippen molar-refractivity contribution >= 4 is 33.8 Å². The van der Waals surface area contributed by atoms with Crippen LogP contribution < -0.4 is 4.57 Å². The highest BCUT2D eigenvalue weighted by Crippen LogP contribution is 2.46. The minimum atomic E-state index is -0.0172. The Balaban J connectivity index is 1.29. The number of nitrogens with one attached hydrogen (secondary N) is 1. The maximum atomic E-state index is 5.09. The second-order valence-corrected chi connectivity index (χ2v) is 12.6. The second-order valence-electron chi connectivity index (χ2n) is 10.9. The topological polar surface area (TPSA) is 45.5 Å². The zero-order chi connectivity index (χ0) is 27.6. The highest BCUT2D eigenvalue weighted by Gasteiger charge is 2.39. The highest BCUT2D eigenvalue weighted by atomic mass is 32.2. The van der Waals surface area contributed by atoms with Gasteiger partial charge in [0.15, 0.2) is 11.0 Å². The monoisotopic (exact) mass is 547 g/mol. The average Bonchev–Trinajstić information content (AvgIpc) is 3.39. The molecule has 0 bridgehead atoms. The molecular formula is C36H27N4S+. The number of benzene rings is 5. The lowest BCUT2D eigenvalue weighted by molar-refractivity contribution is -0.611. The van der Waals surface area contributed by atoms with Crippen LogP contribution in [0.1, 0.15) is 19.4 Å². The van der Waals surface area contributed by atoms with Gasteiger partial charge in [0.1, 0.15) is 5.69 Å². The van der Waals surface area contributed by atoms with Crippen LogP contribution in [0.15, 0.2) is 126 Å². The van der Waals surface area contributed by atoms with E-state index in [1.807, 2.05) is 54.2 Å². The molecule has 0 amide bonds. The summed E-state index contributed by atoms with van der Waals surface area (Å²) in [7, 11) is 0. The first-order valence-electron chi connectivity index (χ1n) is 13.9.